The molecular weight excluding hydrogens is 316 g/mol. The minimum absolute atomic E-state index is 0.0443. The quantitative estimate of drug-likeness (QED) is 0.812. The zero-order valence-corrected chi connectivity index (χ0v) is 14.7. The third-order valence-electron chi connectivity index (χ3n) is 4.90. The van der Waals surface area contributed by atoms with E-state index in [0.29, 0.717) is 13.2 Å². The number of hydrogen-bond donors (Lipinski definition) is 2. The van der Waals surface area contributed by atoms with E-state index >= 15 is 0 Å². The molecule has 3 rings (SSSR count). The zero-order valence-electron chi connectivity index (χ0n) is 14.7. The molecule has 0 radical (unpaired) electrons. The van der Waals surface area contributed by atoms with Crippen molar-refractivity contribution in [1.29, 1.82) is 0 Å². The summed E-state index contributed by atoms with van der Waals surface area (Å²) < 4.78 is 11.8. The molecule has 1 heterocycles. The van der Waals surface area contributed by atoms with Crippen molar-refractivity contribution in [3.8, 4) is 0 Å². The highest BCUT2D eigenvalue weighted by Gasteiger charge is 2.36. The number of aryl methyl sites for hydroxylation is 2. The predicted molar refractivity (Wildman–Crippen MR) is 96.0 cm³/mol. The van der Waals surface area contributed by atoms with Crippen molar-refractivity contribution >= 4 is 0 Å². The number of rotatable bonds is 7. The van der Waals surface area contributed by atoms with Gasteiger partial charge in [0.1, 0.15) is 0 Å². The molecule has 4 heteroatoms. The maximum Gasteiger partial charge on any atom is 0.194 e. The lowest BCUT2D eigenvalue weighted by molar-refractivity contribution is -0.167. The zero-order chi connectivity index (χ0) is 17.7. The third kappa shape index (κ3) is 3.93. The van der Waals surface area contributed by atoms with Gasteiger partial charge < -0.3 is 19.7 Å². The van der Waals surface area contributed by atoms with Crippen LogP contribution in [-0.2, 0) is 41.3 Å². The van der Waals surface area contributed by atoms with Crippen LogP contribution in [0.1, 0.15) is 41.2 Å². The first-order chi connectivity index (χ1) is 12.2. The van der Waals surface area contributed by atoms with Crippen molar-refractivity contribution in [1.82, 2.24) is 0 Å². The van der Waals surface area contributed by atoms with Crippen molar-refractivity contribution in [3.63, 3.8) is 0 Å². The minimum Gasteiger partial charge on any atom is -0.392 e. The topological polar surface area (TPSA) is 58.9 Å². The smallest absolute Gasteiger partial charge is 0.194 e. The highest BCUT2D eigenvalue weighted by Crippen LogP contribution is 2.35. The van der Waals surface area contributed by atoms with Gasteiger partial charge in [-0.05, 0) is 35.1 Å². The van der Waals surface area contributed by atoms with Crippen LogP contribution in [0, 0.1) is 0 Å². The molecule has 2 aromatic carbocycles. The molecule has 0 aliphatic carbocycles. The maximum atomic E-state index is 9.43. The van der Waals surface area contributed by atoms with E-state index in [1.54, 1.807) is 0 Å². The Balaban J connectivity index is 1.73. The molecule has 0 unspecified atom stereocenters. The van der Waals surface area contributed by atoms with E-state index < -0.39 is 5.79 Å². The molecular formula is C21H26O4. The molecule has 0 spiro atoms. The average molecular weight is 342 g/mol. The van der Waals surface area contributed by atoms with Crippen molar-refractivity contribution in [2.24, 2.45) is 0 Å². The van der Waals surface area contributed by atoms with Gasteiger partial charge in [-0.25, -0.2) is 0 Å². The molecule has 0 amide bonds. The van der Waals surface area contributed by atoms with Gasteiger partial charge in [0.05, 0.1) is 26.4 Å². The lowest BCUT2D eigenvalue weighted by atomic mass is 9.96. The summed E-state index contributed by atoms with van der Waals surface area (Å²) in [6.45, 7) is 3.26. The summed E-state index contributed by atoms with van der Waals surface area (Å²) in [6.07, 6.45) is 2.57. The van der Waals surface area contributed by atoms with E-state index in [9.17, 15) is 10.2 Å². The Labute approximate surface area is 149 Å². The molecule has 1 fully saturated rings. The number of hydrogen-bond acceptors (Lipinski definition) is 4. The summed E-state index contributed by atoms with van der Waals surface area (Å²) in [5.41, 5.74) is 5.06. The summed E-state index contributed by atoms with van der Waals surface area (Å²) in [4.78, 5) is 0. The second kappa shape index (κ2) is 8.11. The molecule has 25 heavy (non-hydrogen) atoms. The first kappa shape index (κ1) is 18.1. The van der Waals surface area contributed by atoms with E-state index in [-0.39, 0.29) is 13.2 Å². The van der Waals surface area contributed by atoms with Crippen LogP contribution >= 0.6 is 0 Å². The Bertz CT molecular complexity index is 705. The molecule has 0 bridgehead atoms. The van der Waals surface area contributed by atoms with Gasteiger partial charge in [-0.1, -0.05) is 49.4 Å². The van der Waals surface area contributed by atoms with Gasteiger partial charge >= 0.3 is 0 Å². The van der Waals surface area contributed by atoms with Crippen LogP contribution in [0.3, 0.4) is 0 Å². The first-order valence-corrected chi connectivity index (χ1v) is 8.90. The number of aliphatic hydroxyl groups is 2. The van der Waals surface area contributed by atoms with Crippen LogP contribution in [0.15, 0.2) is 42.5 Å². The van der Waals surface area contributed by atoms with Crippen molar-refractivity contribution in [2.75, 3.05) is 13.2 Å². The maximum absolute atomic E-state index is 9.43. The highest BCUT2D eigenvalue weighted by molar-refractivity contribution is 5.33. The first-order valence-electron chi connectivity index (χ1n) is 8.90. The molecule has 1 aliphatic rings. The van der Waals surface area contributed by atoms with E-state index in [2.05, 4.69) is 31.2 Å². The van der Waals surface area contributed by atoms with Gasteiger partial charge in [-0.15, -0.1) is 0 Å². The van der Waals surface area contributed by atoms with Crippen LogP contribution in [-0.4, -0.2) is 23.4 Å². The second-order valence-electron chi connectivity index (χ2n) is 6.42. The fraction of sp³-hybridized carbons (Fsp3) is 0.429. The number of benzene rings is 2. The second-order valence-corrected chi connectivity index (χ2v) is 6.42. The van der Waals surface area contributed by atoms with Crippen LogP contribution in [0.2, 0.25) is 0 Å². The minimum atomic E-state index is -0.594. The molecule has 0 aromatic heterocycles. The van der Waals surface area contributed by atoms with Gasteiger partial charge in [-0.2, -0.15) is 0 Å². The number of ether oxygens (including phenoxy) is 2. The summed E-state index contributed by atoms with van der Waals surface area (Å²) in [5.74, 6) is -0.594. The van der Waals surface area contributed by atoms with Crippen LogP contribution in [0.5, 0.6) is 0 Å². The van der Waals surface area contributed by atoms with E-state index in [1.165, 1.54) is 5.56 Å². The SMILES string of the molecule is CCC1(c2cccc(CCc3ccc(CO)c(CO)c3)c2)OCCO1. The monoisotopic (exact) mass is 342 g/mol. The fourth-order valence-electron chi connectivity index (χ4n) is 3.42. The molecule has 4 nitrogen and oxygen atoms in total. The van der Waals surface area contributed by atoms with E-state index in [0.717, 1.165) is 41.5 Å². The molecule has 2 N–H and O–H groups in total. The van der Waals surface area contributed by atoms with Gasteiger partial charge in [0.2, 0.25) is 0 Å². The number of aliphatic hydroxyl groups excluding tert-OH is 2. The van der Waals surface area contributed by atoms with Gasteiger partial charge in [0.15, 0.2) is 5.79 Å². The predicted octanol–water partition coefficient (Wildman–Crippen LogP) is 3.07. The Morgan fingerprint density at radius 1 is 0.880 bits per heavy atom. The Morgan fingerprint density at radius 3 is 2.20 bits per heavy atom. The molecule has 134 valence electrons. The molecule has 2 aromatic rings. The van der Waals surface area contributed by atoms with Crippen molar-refractivity contribution < 1.29 is 19.7 Å². The van der Waals surface area contributed by atoms with Crippen LogP contribution in [0.4, 0.5) is 0 Å². The van der Waals surface area contributed by atoms with Crippen molar-refractivity contribution in [2.45, 2.75) is 45.2 Å². The van der Waals surface area contributed by atoms with Crippen LogP contribution < -0.4 is 0 Å². The lowest BCUT2D eigenvalue weighted by Crippen LogP contribution is -2.26. The Kier molecular flexibility index (Phi) is 5.86. The van der Waals surface area contributed by atoms with Gasteiger partial charge in [-0.3, -0.25) is 0 Å². The molecule has 0 atom stereocenters. The summed E-state index contributed by atoms with van der Waals surface area (Å²) >= 11 is 0. The third-order valence-corrected chi connectivity index (χ3v) is 4.90. The largest absolute Gasteiger partial charge is 0.392 e. The highest BCUT2D eigenvalue weighted by atomic mass is 16.7. The van der Waals surface area contributed by atoms with Crippen LogP contribution in [0.25, 0.3) is 0 Å². The fourth-order valence-corrected chi connectivity index (χ4v) is 3.42. The summed E-state index contributed by atoms with van der Waals surface area (Å²) in [5, 5.41) is 18.7. The van der Waals surface area contributed by atoms with E-state index in [4.69, 9.17) is 9.47 Å². The van der Waals surface area contributed by atoms with Gasteiger partial charge in [0, 0.05) is 12.0 Å². The molecule has 1 aliphatic heterocycles. The summed E-state index contributed by atoms with van der Waals surface area (Å²) in [7, 11) is 0. The molecule has 1 saturated heterocycles. The van der Waals surface area contributed by atoms with E-state index in [1.807, 2.05) is 18.2 Å². The molecule has 0 saturated carbocycles. The summed E-state index contributed by atoms with van der Waals surface area (Å²) in [6, 6.07) is 14.3. The van der Waals surface area contributed by atoms with Gasteiger partial charge in [0.25, 0.3) is 0 Å². The Morgan fingerprint density at radius 2 is 1.56 bits per heavy atom. The average Bonchev–Trinajstić information content (AvgIpc) is 3.16. The lowest BCUT2D eigenvalue weighted by Gasteiger charge is -2.26. The van der Waals surface area contributed by atoms with Crippen molar-refractivity contribution in [3.05, 3.63) is 70.3 Å². The normalized spacial score (nSPS) is 16.3. The Hall–Kier alpha value is -1.72. The standard InChI is InChI=1S/C21H26O4/c1-2-21(24-10-11-25-21)20-5-3-4-16(13-20)6-7-17-8-9-18(14-22)19(12-17)15-23/h3-5,8-9,12-13,22-23H,2,6-7,10-11,14-15H2,1H3.